The van der Waals surface area contributed by atoms with Gasteiger partial charge in [0, 0.05) is 32.6 Å². The molecule has 1 aliphatic heterocycles. The molecule has 0 spiro atoms. The van der Waals surface area contributed by atoms with E-state index in [-0.39, 0.29) is 0 Å². The molecule has 1 fully saturated rings. The monoisotopic (exact) mass is 215 g/mol. The van der Waals surface area contributed by atoms with E-state index < -0.39 is 5.60 Å². The highest BCUT2D eigenvalue weighted by molar-refractivity contribution is 4.83. The van der Waals surface area contributed by atoms with Gasteiger partial charge in [0.25, 0.3) is 0 Å². The van der Waals surface area contributed by atoms with Crippen molar-refractivity contribution in [3.8, 4) is 0 Å². The number of rotatable bonds is 6. The van der Waals surface area contributed by atoms with Gasteiger partial charge in [-0.3, -0.25) is 0 Å². The van der Waals surface area contributed by atoms with Crippen LogP contribution in [0.1, 0.15) is 39.5 Å². The predicted octanol–water partition coefficient (Wildman–Crippen LogP) is 1.55. The first-order chi connectivity index (χ1) is 7.12. The van der Waals surface area contributed by atoms with E-state index in [4.69, 9.17) is 4.74 Å². The van der Waals surface area contributed by atoms with E-state index in [1.54, 1.807) is 0 Å². The number of ether oxygens (including phenoxy) is 1. The first kappa shape index (κ1) is 12.9. The minimum absolute atomic E-state index is 0.518. The van der Waals surface area contributed by atoms with Gasteiger partial charge in [0.1, 0.15) is 0 Å². The fourth-order valence-corrected chi connectivity index (χ4v) is 1.88. The van der Waals surface area contributed by atoms with E-state index in [1.807, 2.05) is 0 Å². The third-order valence-corrected chi connectivity index (χ3v) is 3.01. The highest BCUT2D eigenvalue weighted by atomic mass is 16.5. The Hall–Kier alpha value is -0.120. The van der Waals surface area contributed by atoms with Crippen LogP contribution in [0.25, 0.3) is 0 Å². The lowest BCUT2D eigenvalue weighted by Gasteiger charge is -2.32. The lowest BCUT2D eigenvalue weighted by molar-refractivity contribution is -0.0614. The van der Waals surface area contributed by atoms with E-state index in [0.29, 0.717) is 19.8 Å². The van der Waals surface area contributed by atoms with Crippen molar-refractivity contribution in [2.24, 2.45) is 5.92 Å². The predicted molar refractivity (Wildman–Crippen MR) is 61.9 cm³/mol. The summed E-state index contributed by atoms with van der Waals surface area (Å²) in [7, 11) is 0. The number of hydrogen-bond donors (Lipinski definition) is 2. The van der Waals surface area contributed by atoms with Gasteiger partial charge in [-0.1, -0.05) is 13.8 Å². The molecule has 90 valence electrons. The molecule has 15 heavy (non-hydrogen) atoms. The van der Waals surface area contributed by atoms with Gasteiger partial charge in [0.2, 0.25) is 0 Å². The normalized spacial score (nSPS) is 20.8. The second-order valence-electron chi connectivity index (χ2n) is 5.05. The highest BCUT2D eigenvalue weighted by Crippen LogP contribution is 2.19. The summed E-state index contributed by atoms with van der Waals surface area (Å²) in [5.74, 6) is 0.776. The summed E-state index contributed by atoms with van der Waals surface area (Å²) < 4.78 is 5.24. The maximum atomic E-state index is 10.1. The standard InChI is InChI=1S/C12H25NO2/c1-11(2)4-3-7-13-10-12(14)5-8-15-9-6-12/h11,13-14H,3-10H2,1-2H3. The van der Waals surface area contributed by atoms with Gasteiger partial charge in [-0.05, 0) is 25.3 Å². The number of nitrogens with one attached hydrogen (secondary N) is 1. The zero-order valence-electron chi connectivity index (χ0n) is 10.1. The Morgan fingerprint density at radius 1 is 1.33 bits per heavy atom. The second-order valence-corrected chi connectivity index (χ2v) is 5.05. The van der Waals surface area contributed by atoms with E-state index >= 15 is 0 Å². The molecule has 3 nitrogen and oxygen atoms in total. The Kier molecular flexibility index (Phi) is 5.58. The molecule has 2 N–H and O–H groups in total. The Morgan fingerprint density at radius 2 is 2.00 bits per heavy atom. The molecule has 1 heterocycles. The maximum Gasteiger partial charge on any atom is 0.0815 e. The van der Waals surface area contributed by atoms with E-state index in [2.05, 4.69) is 19.2 Å². The van der Waals surface area contributed by atoms with Crippen molar-refractivity contribution in [1.82, 2.24) is 5.32 Å². The number of hydrogen-bond acceptors (Lipinski definition) is 3. The van der Waals surface area contributed by atoms with Crippen LogP contribution in [0.4, 0.5) is 0 Å². The highest BCUT2D eigenvalue weighted by Gasteiger charge is 2.28. The molecule has 1 aliphatic rings. The molecule has 0 aliphatic carbocycles. The Bertz CT molecular complexity index is 165. The van der Waals surface area contributed by atoms with Crippen molar-refractivity contribution < 1.29 is 9.84 Å². The van der Waals surface area contributed by atoms with Crippen LogP contribution in [0.5, 0.6) is 0 Å². The van der Waals surface area contributed by atoms with E-state index in [9.17, 15) is 5.11 Å². The molecular formula is C12H25NO2. The zero-order chi connectivity index (χ0) is 11.1. The molecule has 1 saturated heterocycles. The Labute approximate surface area is 93.2 Å². The van der Waals surface area contributed by atoms with Gasteiger partial charge < -0.3 is 15.2 Å². The minimum atomic E-state index is -0.518. The summed E-state index contributed by atoms with van der Waals surface area (Å²) in [4.78, 5) is 0. The van der Waals surface area contributed by atoms with Crippen molar-refractivity contribution in [3.05, 3.63) is 0 Å². The molecule has 0 atom stereocenters. The summed E-state index contributed by atoms with van der Waals surface area (Å²) >= 11 is 0. The fraction of sp³-hybridized carbons (Fsp3) is 1.00. The van der Waals surface area contributed by atoms with Crippen LogP contribution >= 0.6 is 0 Å². The third-order valence-electron chi connectivity index (χ3n) is 3.01. The summed E-state index contributed by atoms with van der Waals surface area (Å²) in [6.07, 6.45) is 3.99. The van der Waals surface area contributed by atoms with Gasteiger partial charge in [0.05, 0.1) is 5.60 Å². The molecule has 0 aromatic carbocycles. The molecular weight excluding hydrogens is 190 g/mol. The van der Waals surface area contributed by atoms with E-state index in [0.717, 1.165) is 25.3 Å². The summed E-state index contributed by atoms with van der Waals surface area (Å²) in [6.45, 7) is 7.61. The lowest BCUT2D eigenvalue weighted by Crippen LogP contribution is -2.45. The smallest absolute Gasteiger partial charge is 0.0815 e. The first-order valence-electron chi connectivity index (χ1n) is 6.13. The van der Waals surface area contributed by atoms with Gasteiger partial charge >= 0.3 is 0 Å². The summed E-state index contributed by atoms with van der Waals surface area (Å²) in [6, 6.07) is 0. The largest absolute Gasteiger partial charge is 0.388 e. The van der Waals surface area contributed by atoms with Crippen LogP contribution in [0, 0.1) is 5.92 Å². The van der Waals surface area contributed by atoms with Gasteiger partial charge in [-0.25, -0.2) is 0 Å². The molecule has 0 unspecified atom stereocenters. The topological polar surface area (TPSA) is 41.5 Å². The lowest BCUT2D eigenvalue weighted by atomic mass is 9.94. The third kappa shape index (κ3) is 5.50. The molecule has 0 radical (unpaired) electrons. The zero-order valence-corrected chi connectivity index (χ0v) is 10.1. The first-order valence-corrected chi connectivity index (χ1v) is 6.13. The van der Waals surface area contributed by atoms with Gasteiger partial charge in [-0.2, -0.15) is 0 Å². The van der Waals surface area contributed by atoms with Crippen molar-refractivity contribution in [2.75, 3.05) is 26.3 Å². The Balaban J connectivity index is 2.03. The van der Waals surface area contributed by atoms with Crippen molar-refractivity contribution in [3.63, 3.8) is 0 Å². The molecule has 0 aromatic heterocycles. The van der Waals surface area contributed by atoms with Crippen LogP contribution in [0.3, 0.4) is 0 Å². The average molecular weight is 215 g/mol. The second kappa shape index (κ2) is 6.46. The summed E-state index contributed by atoms with van der Waals surface area (Å²) in [5, 5.41) is 13.5. The molecule has 0 aromatic rings. The molecule has 3 heteroatoms. The van der Waals surface area contributed by atoms with Crippen molar-refractivity contribution in [1.29, 1.82) is 0 Å². The van der Waals surface area contributed by atoms with Crippen LogP contribution in [0.2, 0.25) is 0 Å². The van der Waals surface area contributed by atoms with E-state index in [1.165, 1.54) is 12.8 Å². The fourth-order valence-electron chi connectivity index (χ4n) is 1.88. The van der Waals surface area contributed by atoms with Crippen LogP contribution < -0.4 is 5.32 Å². The maximum absolute atomic E-state index is 10.1. The number of aliphatic hydroxyl groups is 1. The van der Waals surface area contributed by atoms with Crippen molar-refractivity contribution >= 4 is 0 Å². The van der Waals surface area contributed by atoms with Crippen LogP contribution in [0.15, 0.2) is 0 Å². The Morgan fingerprint density at radius 3 is 2.60 bits per heavy atom. The summed E-state index contributed by atoms with van der Waals surface area (Å²) in [5.41, 5.74) is -0.518. The quantitative estimate of drug-likeness (QED) is 0.661. The van der Waals surface area contributed by atoms with Gasteiger partial charge in [0.15, 0.2) is 0 Å². The SMILES string of the molecule is CC(C)CCCNCC1(O)CCOCC1. The molecule has 0 amide bonds. The minimum Gasteiger partial charge on any atom is -0.388 e. The molecule has 0 bridgehead atoms. The van der Waals surface area contributed by atoms with Crippen LogP contribution in [-0.4, -0.2) is 37.0 Å². The van der Waals surface area contributed by atoms with Crippen molar-refractivity contribution in [2.45, 2.75) is 45.1 Å². The van der Waals surface area contributed by atoms with Gasteiger partial charge in [-0.15, -0.1) is 0 Å². The average Bonchev–Trinajstić information content (AvgIpc) is 2.17. The van der Waals surface area contributed by atoms with Crippen LogP contribution in [-0.2, 0) is 4.74 Å². The molecule has 1 rings (SSSR count). The molecule has 0 saturated carbocycles.